The van der Waals surface area contributed by atoms with E-state index in [0.29, 0.717) is 21.9 Å². The highest BCUT2D eigenvalue weighted by molar-refractivity contribution is 7.99. The molecule has 122 valence electrons. The van der Waals surface area contributed by atoms with Crippen LogP contribution in [0.5, 0.6) is 0 Å². The van der Waals surface area contributed by atoms with Crippen LogP contribution in [-0.2, 0) is 0 Å². The second-order valence-corrected chi connectivity index (χ2v) is 6.87. The van der Waals surface area contributed by atoms with Gasteiger partial charge in [-0.25, -0.2) is 15.0 Å². The van der Waals surface area contributed by atoms with Gasteiger partial charge in [-0.2, -0.15) is 4.98 Å². The molecule has 2 aromatic carbocycles. The molecule has 7 heteroatoms. The van der Waals surface area contributed by atoms with Crippen molar-refractivity contribution < 1.29 is 0 Å². The first-order valence-electron chi connectivity index (χ1n) is 7.40. The molecule has 0 aliphatic heterocycles. The summed E-state index contributed by atoms with van der Waals surface area (Å²) in [5.74, 6) is 0. The third-order valence-electron chi connectivity index (χ3n) is 3.43. The highest BCUT2D eigenvalue weighted by Crippen LogP contribution is 2.33. The van der Waals surface area contributed by atoms with Gasteiger partial charge in [0.25, 0.3) is 0 Å². The Labute approximate surface area is 158 Å². The van der Waals surface area contributed by atoms with Crippen LogP contribution < -0.4 is 0 Å². The standard InChI is InChI=1S/C18H10Cl2N4S/c19-15-13(11-7-3-1-4-8-11)21-14-16(22-15)23-18(20)24-17(14)25-12-9-5-2-6-10-12/h1-10H. The van der Waals surface area contributed by atoms with Gasteiger partial charge < -0.3 is 0 Å². The van der Waals surface area contributed by atoms with Crippen LogP contribution in [0.2, 0.25) is 10.4 Å². The Morgan fingerprint density at radius 1 is 0.720 bits per heavy atom. The maximum absolute atomic E-state index is 6.32. The Kier molecular flexibility index (Phi) is 4.53. The second kappa shape index (κ2) is 6.96. The molecule has 0 aliphatic rings. The largest absolute Gasteiger partial charge is 0.238 e. The summed E-state index contributed by atoms with van der Waals surface area (Å²) in [5.41, 5.74) is 2.42. The molecule has 0 fully saturated rings. The molecule has 0 atom stereocenters. The van der Waals surface area contributed by atoms with Crippen molar-refractivity contribution in [1.82, 2.24) is 19.9 Å². The molecular weight excluding hydrogens is 375 g/mol. The molecule has 0 saturated carbocycles. The van der Waals surface area contributed by atoms with E-state index in [1.54, 1.807) is 0 Å². The monoisotopic (exact) mass is 384 g/mol. The summed E-state index contributed by atoms with van der Waals surface area (Å²) >= 11 is 13.8. The predicted molar refractivity (Wildman–Crippen MR) is 101 cm³/mol. The number of hydrogen-bond donors (Lipinski definition) is 0. The Balaban J connectivity index is 1.90. The van der Waals surface area contributed by atoms with Crippen LogP contribution in [0.1, 0.15) is 0 Å². The summed E-state index contributed by atoms with van der Waals surface area (Å²) in [5, 5.41) is 1.04. The second-order valence-electron chi connectivity index (χ2n) is 5.11. The maximum Gasteiger partial charge on any atom is 0.225 e. The fraction of sp³-hybridized carbons (Fsp3) is 0. The molecule has 25 heavy (non-hydrogen) atoms. The van der Waals surface area contributed by atoms with Gasteiger partial charge in [-0.05, 0) is 23.7 Å². The van der Waals surface area contributed by atoms with E-state index in [0.717, 1.165) is 10.5 Å². The highest BCUT2D eigenvalue weighted by Gasteiger charge is 2.16. The number of hydrogen-bond acceptors (Lipinski definition) is 5. The summed E-state index contributed by atoms with van der Waals surface area (Å²) in [6, 6.07) is 19.5. The van der Waals surface area contributed by atoms with Crippen LogP contribution in [0.4, 0.5) is 0 Å². The summed E-state index contributed by atoms with van der Waals surface area (Å²) in [6.45, 7) is 0. The highest BCUT2D eigenvalue weighted by atomic mass is 35.5. The Morgan fingerprint density at radius 3 is 2.12 bits per heavy atom. The summed E-state index contributed by atoms with van der Waals surface area (Å²) < 4.78 is 0. The van der Waals surface area contributed by atoms with E-state index in [2.05, 4.69) is 19.9 Å². The van der Waals surface area contributed by atoms with Gasteiger partial charge in [0.2, 0.25) is 5.28 Å². The first kappa shape index (κ1) is 16.3. The number of halogens is 2. The Hall–Kier alpha value is -2.21. The predicted octanol–water partition coefficient (Wildman–Crippen LogP) is 5.54. The number of rotatable bonds is 3. The minimum absolute atomic E-state index is 0.115. The van der Waals surface area contributed by atoms with E-state index in [-0.39, 0.29) is 10.4 Å². The molecule has 0 radical (unpaired) electrons. The molecule has 0 amide bonds. The van der Waals surface area contributed by atoms with Gasteiger partial charge in [-0.1, -0.05) is 71.9 Å². The maximum atomic E-state index is 6.32. The zero-order chi connectivity index (χ0) is 17.2. The van der Waals surface area contributed by atoms with Crippen molar-refractivity contribution in [1.29, 1.82) is 0 Å². The molecule has 4 nitrogen and oxygen atoms in total. The molecule has 0 unspecified atom stereocenters. The van der Waals surface area contributed by atoms with E-state index < -0.39 is 0 Å². The molecule has 4 rings (SSSR count). The third kappa shape index (κ3) is 3.44. The van der Waals surface area contributed by atoms with Crippen LogP contribution >= 0.6 is 35.0 Å². The van der Waals surface area contributed by atoms with Crippen molar-refractivity contribution >= 4 is 46.1 Å². The Morgan fingerprint density at radius 2 is 1.40 bits per heavy atom. The lowest BCUT2D eigenvalue weighted by molar-refractivity contribution is 1.05. The minimum Gasteiger partial charge on any atom is -0.238 e. The topological polar surface area (TPSA) is 51.6 Å². The van der Waals surface area contributed by atoms with E-state index in [9.17, 15) is 0 Å². The summed E-state index contributed by atoms with van der Waals surface area (Å²) in [4.78, 5) is 18.6. The first-order chi connectivity index (χ1) is 12.2. The van der Waals surface area contributed by atoms with Gasteiger partial charge in [0.15, 0.2) is 10.8 Å². The number of fused-ring (bicyclic) bond motifs is 1. The van der Waals surface area contributed by atoms with Gasteiger partial charge in [0.1, 0.15) is 16.2 Å². The molecule has 2 aromatic heterocycles. The van der Waals surface area contributed by atoms with Crippen LogP contribution in [-0.4, -0.2) is 19.9 Å². The molecule has 0 N–H and O–H groups in total. The fourth-order valence-corrected chi connectivity index (χ4v) is 3.66. The number of aromatic nitrogens is 4. The quantitative estimate of drug-likeness (QED) is 0.342. The molecule has 0 spiro atoms. The van der Waals surface area contributed by atoms with Crippen molar-refractivity contribution in [2.75, 3.05) is 0 Å². The van der Waals surface area contributed by atoms with Gasteiger partial charge in [-0.3, -0.25) is 0 Å². The summed E-state index contributed by atoms with van der Waals surface area (Å²) in [6.07, 6.45) is 0. The minimum atomic E-state index is 0.115. The molecule has 0 aliphatic carbocycles. The van der Waals surface area contributed by atoms with Gasteiger partial charge in [-0.15, -0.1) is 0 Å². The average molecular weight is 385 g/mol. The van der Waals surface area contributed by atoms with Gasteiger partial charge in [0.05, 0.1) is 0 Å². The van der Waals surface area contributed by atoms with E-state index >= 15 is 0 Å². The van der Waals surface area contributed by atoms with Crippen molar-refractivity contribution in [3.63, 3.8) is 0 Å². The third-order valence-corrected chi connectivity index (χ3v) is 4.85. The van der Waals surface area contributed by atoms with Crippen molar-refractivity contribution in [3.05, 3.63) is 71.1 Å². The van der Waals surface area contributed by atoms with Crippen molar-refractivity contribution in [2.24, 2.45) is 0 Å². The molecule has 0 bridgehead atoms. The molecule has 2 heterocycles. The zero-order valence-corrected chi connectivity index (χ0v) is 15.1. The van der Waals surface area contributed by atoms with E-state index in [1.165, 1.54) is 11.8 Å². The van der Waals surface area contributed by atoms with E-state index in [1.807, 2.05) is 60.7 Å². The lowest BCUT2D eigenvalue weighted by Gasteiger charge is -2.08. The first-order valence-corrected chi connectivity index (χ1v) is 8.97. The lowest BCUT2D eigenvalue weighted by atomic mass is 10.2. The normalized spacial score (nSPS) is 11.0. The zero-order valence-electron chi connectivity index (χ0n) is 12.7. The average Bonchev–Trinajstić information content (AvgIpc) is 2.62. The van der Waals surface area contributed by atoms with Crippen LogP contribution in [0.25, 0.3) is 22.4 Å². The summed E-state index contributed by atoms with van der Waals surface area (Å²) in [7, 11) is 0. The van der Waals surface area contributed by atoms with Crippen LogP contribution in [0.15, 0.2) is 70.6 Å². The van der Waals surface area contributed by atoms with Crippen LogP contribution in [0, 0.1) is 0 Å². The molecule has 4 aromatic rings. The van der Waals surface area contributed by atoms with Gasteiger partial charge >= 0.3 is 0 Å². The fourth-order valence-electron chi connectivity index (χ4n) is 2.33. The van der Waals surface area contributed by atoms with E-state index in [4.69, 9.17) is 23.2 Å². The van der Waals surface area contributed by atoms with Gasteiger partial charge in [0, 0.05) is 10.5 Å². The Bertz CT molecular complexity index is 1040. The van der Waals surface area contributed by atoms with Crippen LogP contribution in [0.3, 0.4) is 0 Å². The van der Waals surface area contributed by atoms with Crippen molar-refractivity contribution in [2.45, 2.75) is 9.92 Å². The molecular formula is C18H10Cl2N4S. The SMILES string of the molecule is Clc1nc(Sc2ccccc2)c2nc(-c3ccccc3)c(Cl)nc2n1. The molecule has 0 saturated heterocycles. The number of nitrogens with zero attached hydrogens (tertiary/aromatic N) is 4. The lowest BCUT2D eigenvalue weighted by Crippen LogP contribution is -1.98. The van der Waals surface area contributed by atoms with Crippen molar-refractivity contribution in [3.8, 4) is 11.3 Å². The number of benzene rings is 2. The smallest absolute Gasteiger partial charge is 0.225 e.